The lowest BCUT2D eigenvalue weighted by molar-refractivity contribution is 0.731. The van der Waals surface area contributed by atoms with Crippen molar-refractivity contribution in [3.8, 4) is 12.1 Å². The second kappa shape index (κ2) is 5.83. The maximum Gasteiger partial charge on any atom is 0.103 e. The van der Waals surface area contributed by atoms with Gasteiger partial charge in [0.1, 0.15) is 18.3 Å². The number of nitriles is 2. The SMILES string of the molecule is Cc1cc(N2c3c(C#N)ccc(C#N)c3N(C)[C@@H]2C)c(C)c(C)c1C. The number of rotatable bonds is 1. The van der Waals surface area contributed by atoms with Gasteiger partial charge in [0, 0.05) is 12.7 Å². The van der Waals surface area contributed by atoms with Gasteiger partial charge in [-0.1, -0.05) is 0 Å². The standard InChI is InChI=1S/C21H22N4/c1-12-9-19(15(4)14(3)13(12)2)25-16(5)24(6)20-17(10-22)7-8-18(11-23)21(20)25/h7-9,16H,1-6H3/t16-/m0/s1. The molecular weight excluding hydrogens is 308 g/mol. The Labute approximate surface area is 149 Å². The number of anilines is 3. The number of fused-ring (bicyclic) bond motifs is 1. The lowest BCUT2D eigenvalue weighted by atomic mass is 9.96. The zero-order valence-corrected chi connectivity index (χ0v) is 15.6. The van der Waals surface area contributed by atoms with Crippen LogP contribution < -0.4 is 9.80 Å². The third kappa shape index (κ3) is 2.26. The van der Waals surface area contributed by atoms with Gasteiger partial charge in [-0.05, 0) is 75.1 Å². The highest BCUT2D eigenvalue weighted by atomic mass is 15.4. The molecule has 0 radical (unpaired) electrons. The molecule has 2 aromatic carbocycles. The molecule has 1 aliphatic heterocycles. The average molecular weight is 330 g/mol. The van der Waals surface area contributed by atoms with Crippen LogP contribution in [-0.2, 0) is 0 Å². The third-order valence-corrected chi connectivity index (χ3v) is 5.63. The van der Waals surface area contributed by atoms with Crippen LogP contribution in [0.25, 0.3) is 0 Å². The largest absolute Gasteiger partial charge is 0.351 e. The first-order valence-corrected chi connectivity index (χ1v) is 8.40. The summed E-state index contributed by atoms with van der Waals surface area (Å²) in [5.74, 6) is 0. The predicted molar refractivity (Wildman–Crippen MR) is 101 cm³/mol. The number of aryl methyl sites for hydroxylation is 1. The quantitative estimate of drug-likeness (QED) is 0.767. The van der Waals surface area contributed by atoms with E-state index < -0.39 is 0 Å². The van der Waals surface area contributed by atoms with Crippen LogP contribution in [0.4, 0.5) is 17.1 Å². The van der Waals surface area contributed by atoms with Crippen LogP contribution in [0.2, 0.25) is 0 Å². The van der Waals surface area contributed by atoms with Crippen molar-refractivity contribution in [3.63, 3.8) is 0 Å². The van der Waals surface area contributed by atoms with Crippen molar-refractivity contribution < 1.29 is 0 Å². The molecule has 4 nitrogen and oxygen atoms in total. The minimum Gasteiger partial charge on any atom is -0.351 e. The minimum absolute atomic E-state index is 0.0248. The fraction of sp³-hybridized carbons (Fsp3) is 0.333. The van der Waals surface area contributed by atoms with Gasteiger partial charge in [-0.3, -0.25) is 0 Å². The van der Waals surface area contributed by atoms with E-state index in [1.807, 2.05) is 7.05 Å². The van der Waals surface area contributed by atoms with Crippen molar-refractivity contribution in [3.05, 3.63) is 51.6 Å². The normalized spacial score (nSPS) is 15.8. The zero-order chi connectivity index (χ0) is 18.5. The van der Waals surface area contributed by atoms with E-state index in [0.29, 0.717) is 11.1 Å². The van der Waals surface area contributed by atoms with Gasteiger partial charge < -0.3 is 9.80 Å². The smallest absolute Gasteiger partial charge is 0.103 e. The van der Waals surface area contributed by atoms with Gasteiger partial charge in [-0.25, -0.2) is 0 Å². The van der Waals surface area contributed by atoms with Gasteiger partial charge in [-0.15, -0.1) is 0 Å². The van der Waals surface area contributed by atoms with E-state index in [1.54, 1.807) is 12.1 Å². The molecule has 0 N–H and O–H groups in total. The molecule has 0 bridgehead atoms. The maximum atomic E-state index is 9.65. The molecule has 0 aliphatic carbocycles. The fourth-order valence-corrected chi connectivity index (χ4v) is 3.67. The summed E-state index contributed by atoms with van der Waals surface area (Å²) in [4.78, 5) is 4.28. The van der Waals surface area contributed by atoms with E-state index in [4.69, 9.17) is 0 Å². The van der Waals surface area contributed by atoms with Crippen molar-refractivity contribution in [1.29, 1.82) is 10.5 Å². The van der Waals surface area contributed by atoms with Gasteiger partial charge in [0.05, 0.1) is 22.5 Å². The summed E-state index contributed by atoms with van der Waals surface area (Å²) in [6, 6.07) is 10.3. The molecule has 0 spiro atoms. The number of hydrogen-bond acceptors (Lipinski definition) is 4. The Morgan fingerprint density at radius 3 is 2.00 bits per heavy atom. The Bertz CT molecular complexity index is 960. The molecule has 2 aromatic rings. The zero-order valence-electron chi connectivity index (χ0n) is 15.6. The number of benzene rings is 2. The molecule has 0 amide bonds. The molecule has 1 heterocycles. The monoisotopic (exact) mass is 330 g/mol. The van der Waals surface area contributed by atoms with Crippen LogP contribution in [0.15, 0.2) is 18.2 Å². The van der Waals surface area contributed by atoms with Crippen LogP contribution in [0.1, 0.15) is 40.3 Å². The molecule has 3 rings (SSSR count). The third-order valence-electron chi connectivity index (χ3n) is 5.63. The minimum atomic E-state index is 0.0248. The molecule has 1 atom stereocenters. The number of hydrogen-bond donors (Lipinski definition) is 0. The summed E-state index contributed by atoms with van der Waals surface area (Å²) in [7, 11) is 1.98. The van der Waals surface area contributed by atoms with E-state index >= 15 is 0 Å². The van der Waals surface area contributed by atoms with Crippen molar-refractivity contribution >= 4 is 17.1 Å². The van der Waals surface area contributed by atoms with Crippen molar-refractivity contribution in [1.82, 2.24) is 0 Å². The van der Waals surface area contributed by atoms with Gasteiger partial charge in [-0.2, -0.15) is 10.5 Å². The summed E-state index contributed by atoms with van der Waals surface area (Å²) in [5.41, 5.74) is 8.99. The molecule has 0 saturated carbocycles. The van der Waals surface area contributed by atoms with E-state index in [0.717, 1.165) is 17.1 Å². The Kier molecular flexibility index (Phi) is 3.93. The van der Waals surface area contributed by atoms with Gasteiger partial charge >= 0.3 is 0 Å². The first-order valence-electron chi connectivity index (χ1n) is 8.40. The van der Waals surface area contributed by atoms with Crippen LogP contribution in [0.3, 0.4) is 0 Å². The Morgan fingerprint density at radius 2 is 1.44 bits per heavy atom. The molecule has 0 unspecified atom stereocenters. The van der Waals surface area contributed by atoms with Crippen molar-refractivity contribution in [2.24, 2.45) is 0 Å². The average Bonchev–Trinajstić information content (AvgIpc) is 2.87. The first-order chi connectivity index (χ1) is 11.8. The van der Waals surface area contributed by atoms with Gasteiger partial charge in [0.2, 0.25) is 0 Å². The Morgan fingerprint density at radius 1 is 0.880 bits per heavy atom. The Balaban J connectivity index is 2.37. The summed E-state index contributed by atoms with van der Waals surface area (Å²) >= 11 is 0. The van der Waals surface area contributed by atoms with Crippen molar-refractivity contribution in [2.75, 3.05) is 16.8 Å². The molecule has 25 heavy (non-hydrogen) atoms. The second-order valence-corrected chi connectivity index (χ2v) is 6.78. The van der Waals surface area contributed by atoms with Crippen LogP contribution >= 0.6 is 0 Å². The molecule has 0 saturated heterocycles. The van der Waals surface area contributed by atoms with Gasteiger partial charge in [0.25, 0.3) is 0 Å². The summed E-state index contributed by atoms with van der Waals surface area (Å²) in [5, 5.41) is 19.2. The summed E-state index contributed by atoms with van der Waals surface area (Å²) < 4.78 is 0. The molecule has 4 heteroatoms. The van der Waals surface area contributed by atoms with Crippen LogP contribution in [-0.4, -0.2) is 13.2 Å². The summed E-state index contributed by atoms with van der Waals surface area (Å²) in [6.07, 6.45) is 0.0248. The Hall–Kier alpha value is -2.98. The molecule has 126 valence electrons. The lowest BCUT2D eigenvalue weighted by Gasteiger charge is -2.30. The van der Waals surface area contributed by atoms with Gasteiger partial charge in [0.15, 0.2) is 0 Å². The summed E-state index contributed by atoms with van der Waals surface area (Å²) in [6.45, 7) is 10.6. The highest BCUT2D eigenvalue weighted by Crippen LogP contribution is 2.48. The topological polar surface area (TPSA) is 54.1 Å². The van der Waals surface area contributed by atoms with Crippen LogP contribution in [0.5, 0.6) is 0 Å². The van der Waals surface area contributed by atoms with Crippen molar-refractivity contribution in [2.45, 2.75) is 40.8 Å². The molecular formula is C21H22N4. The fourth-order valence-electron chi connectivity index (χ4n) is 3.67. The van der Waals surface area contributed by atoms with E-state index in [2.05, 4.69) is 62.6 Å². The molecule has 1 aliphatic rings. The molecule has 0 aromatic heterocycles. The number of nitrogens with zero attached hydrogens (tertiary/aromatic N) is 4. The first kappa shape index (κ1) is 16.9. The van der Waals surface area contributed by atoms with E-state index in [9.17, 15) is 10.5 Å². The second-order valence-electron chi connectivity index (χ2n) is 6.78. The van der Waals surface area contributed by atoms with E-state index in [-0.39, 0.29) is 6.17 Å². The lowest BCUT2D eigenvalue weighted by Crippen LogP contribution is -2.36. The highest BCUT2D eigenvalue weighted by Gasteiger charge is 2.36. The van der Waals surface area contributed by atoms with Crippen LogP contribution in [0, 0.1) is 50.4 Å². The van der Waals surface area contributed by atoms with E-state index in [1.165, 1.54) is 22.3 Å². The maximum absolute atomic E-state index is 9.65. The highest BCUT2D eigenvalue weighted by molar-refractivity contribution is 5.91. The molecule has 0 fully saturated rings. The predicted octanol–water partition coefficient (Wildman–Crippen LogP) is 4.60.